The molecule has 0 aliphatic carbocycles. The summed E-state index contributed by atoms with van der Waals surface area (Å²) in [4.78, 5) is 17.1. The molecule has 4 aliphatic rings. The highest BCUT2D eigenvalue weighted by atomic mass is 16.3. The normalized spacial score (nSPS) is 37.9. The standard InChI is InChI=1S/C14H18N2O2/c17-14(13-2-1-3-18-13)16-8-11-4-10-5-12(16)9-15(6-10)7-11/h1-3,10-12H,4-9H2. The third kappa shape index (κ3) is 1.59. The lowest BCUT2D eigenvalue weighted by Crippen LogP contribution is -2.50. The van der Waals surface area contributed by atoms with Crippen molar-refractivity contribution < 1.29 is 9.21 Å². The Kier molecular flexibility index (Phi) is 2.27. The zero-order valence-corrected chi connectivity index (χ0v) is 10.4. The molecule has 0 spiro atoms. The van der Waals surface area contributed by atoms with Gasteiger partial charge in [0.2, 0.25) is 0 Å². The summed E-state index contributed by atoms with van der Waals surface area (Å²) in [5, 5.41) is 0. The van der Waals surface area contributed by atoms with Crippen LogP contribution in [-0.2, 0) is 0 Å². The Morgan fingerprint density at radius 1 is 1.17 bits per heavy atom. The van der Waals surface area contributed by atoms with E-state index in [1.54, 1.807) is 18.4 Å². The minimum absolute atomic E-state index is 0.0828. The third-order valence-corrected chi connectivity index (χ3v) is 4.66. The van der Waals surface area contributed by atoms with E-state index in [2.05, 4.69) is 9.80 Å². The predicted molar refractivity (Wildman–Crippen MR) is 66.2 cm³/mol. The van der Waals surface area contributed by atoms with Crippen LogP contribution in [0, 0.1) is 11.8 Å². The molecule has 1 amide bonds. The van der Waals surface area contributed by atoms with E-state index < -0.39 is 0 Å². The lowest BCUT2D eigenvalue weighted by atomic mass is 9.84. The Labute approximate surface area is 107 Å². The van der Waals surface area contributed by atoms with E-state index in [4.69, 9.17) is 4.42 Å². The Morgan fingerprint density at radius 2 is 2.06 bits per heavy atom. The Bertz CT molecular complexity index is 442. The second-order valence-corrected chi connectivity index (χ2v) is 6.01. The number of furan rings is 1. The van der Waals surface area contributed by atoms with Gasteiger partial charge in [0, 0.05) is 32.2 Å². The molecule has 4 unspecified atom stereocenters. The SMILES string of the molecule is O=C(c1ccco1)N1CC2CC3CC1CN(C3)C2. The highest BCUT2D eigenvalue weighted by molar-refractivity contribution is 5.91. The zero-order chi connectivity index (χ0) is 12.1. The van der Waals surface area contributed by atoms with Crippen molar-refractivity contribution in [2.75, 3.05) is 26.2 Å². The van der Waals surface area contributed by atoms with Crippen LogP contribution in [0.4, 0.5) is 0 Å². The summed E-state index contributed by atoms with van der Waals surface area (Å²) in [6.45, 7) is 4.39. The van der Waals surface area contributed by atoms with Gasteiger partial charge in [-0.1, -0.05) is 0 Å². The number of carbonyl (C=O) groups excluding carboxylic acids is 1. The zero-order valence-electron chi connectivity index (χ0n) is 10.4. The van der Waals surface area contributed by atoms with E-state index in [1.807, 2.05) is 0 Å². The molecule has 0 radical (unpaired) electrons. The van der Waals surface area contributed by atoms with Crippen LogP contribution in [0.3, 0.4) is 0 Å². The minimum Gasteiger partial charge on any atom is -0.459 e. The molecule has 4 saturated heterocycles. The smallest absolute Gasteiger partial charge is 0.289 e. The number of hydrogen-bond donors (Lipinski definition) is 0. The van der Waals surface area contributed by atoms with Crippen LogP contribution in [0.2, 0.25) is 0 Å². The molecule has 5 heterocycles. The minimum atomic E-state index is 0.0828. The van der Waals surface area contributed by atoms with Gasteiger partial charge in [0.15, 0.2) is 5.76 Å². The van der Waals surface area contributed by atoms with E-state index in [0.29, 0.717) is 17.7 Å². The van der Waals surface area contributed by atoms with Crippen LogP contribution in [-0.4, -0.2) is 47.9 Å². The predicted octanol–water partition coefficient (Wildman–Crippen LogP) is 1.45. The van der Waals surface area contributed by atoms with Crippen LogP contribution in [0.15, 0.2) is 22.8 Å². The van der Waals surface area contributed by atoms with Crippen molar-refractivity contribution in [3.63, 3.8) is 0 Å². The van der Waals surface area contributed by atoms with Crippen molar-refractivity contribution in [3.05, 3.63) is 24.2 Å². The van der Waals surface area contributed by atoms with Gasteiger partial charge in [-0.2, -0.15) is 0 Å². The second kappa shape index (κ2) is 3.85. The highest BCUT2D eigenvalue weighted by Gasteiger charge is 2.43. The monoisotopic (exact) mass is 246 g/mol. The number of carbonyl (C=O) groups is 1. The number of amides is 1. The maximum absolute atomic E-state index is 12.5. The van der Waals surface area contributed by atoms with Crippen molar-refractivity contribution in [3.8, 4) is 0 Å². The van der Waals surface area contributed by atoms with Crippen molar-refractivity contribution in [2.45, 2.75) is 18.9 Å². The molecule has 18 heavy (non-hydrogen) atoms. The fraction of sp³-hybridized carbons (Fsp3) is 0.643. The molecule has 4 nitrogen and oxygen atoms in total. The van der Waals surface area contributed by atoms with Gasteiger partial charge in [-0.05, 0) is 36.8 Å². The van der Waals surface area contributed by atoms with Gasteiger partial charge < -0.3 is 14.2 Å². The summed E-state index contributed by atoms with van der Waals surface area (Å²) in [5.74, 6) is 2.04. The third-order valence-electron chi connectivity index (χ3n) is 4.66. The first-order valence-corrected chi connectivity index (χ1v) is 6.86. The first kappa shape index (κ1) is 10.6. The number of piperidine rings is 2. The van der Waals surface area contributed by atoms with E-state index in [1.165, 1.54) is 25.9 Å². The van der Waals surface area contributed by atoms with Crippen molar-refractivity contribution >= 4 is 5.91 Å². The van der Waals surface area contributed by atoms with Crippen molar-refractivity contribution in [2.24, 2.45) is 11.8 Å². The molecule has 4 bridgehead atoms. The van der Waals surface area contributed by atoms with Crippen LogP contribution < -0.4 is 0 Å². The van der Waals surface area contributed by atoms with Gasteiger partial charge in [-0.25, -0.2) is 0 Å². The molecule has 96 valence electrons. The van der Waals surface area contributed by atoms with Gasteiger partial charge in [0.1, 0.15) is 0 Å². The van der Waals surface area contributed by atoms with Gasteiger partial charge in [-0.3, -0.25) is 4.79 Å². The summed E-state index contributed by atoms with van der Waals surface area (Å²) >= 11 is 0. The molecule has 4 atom stereocenters. The Hall–Kier alpha value is -1.29. The lowest BCUT2D eigenvalue weighted by molar-refractivity contribution is 0.0547. The average Bonchev–Trinajstić information content (AvgIpc) is 2.80. The first-order valence-electron chi connectivity index (χ1n) is 6.86. The van der Waals surface area contributed by atoms with E-state index in [9.17, 15) is 4.79 Å². The molecule has 1 aromatic heterocycles. The van der Waals surface area contributed by atoms with Crippen molar-refractivity contribution in [1.82, 2.24) is 9.80 Å². The molecule has 4 heteroatoms. The fourth-order valence-corrected chi connectivity index (χ4v) is 4.08. The second-order valence-electron chi connectivity index (χ2n) is 6.01. The van der Waals surface area contributed by atoms with E-state index >= 15 is 0 Å². The summed E-state index contributed by atoms with van der Waals surface area (Å²) in [5.41, 5.74) is 0. The number of rotatable bonds is 1. The molecule has 0 saturated carbocycles. The first-order chi connectivity index (χ1) is 8.79. The molecule has 1 aromatic rings. The maximum atomic E-state index is 12.5. The Morgan fingerprint density at radius 3 is 2.83 bits per heavy atom. The van der Waals surface area contributed by atoms with Gasteiger partial charge in [-0.15, -0.1) is 0 Å². The quantitative estimate of drug-likeness (QED) is 0.752. The van der Waals surface area contributed by atoms with Gasteiger partial charge in [0.25, 0.3) is 5.91 Å². The molecule has 5 rings (SSSR count). The topological polar surface area (TPSA) is 36.7 Å². The molecule has 4 fully saturated rings. The average molecular weight is 246 g/mol. The van der Waals surface area contributed by atoms with E-state index in [0.717, 1.165) is 19.0 Å². The van der Waals surface area contributed by atoms with Gasteiger partial charge in [0.05, 0.1) is 6.26 Å². The summed E-state index contributed by atoms with van der Waals surface area (Å²) in [7, 11) is 0. The highest BCUT2D eigenvalue weighted by Crippen LogP contribution is 2.36. The largest absolute Gasteiger partial charge is 0.459 e. The molecular formula is C14H18N2O2. The molecule has 0 aromatic carbocycles. The van der Waals surface area contributed by atoms with Crippen molar-refractivity contribution in [1.29, 1.82) is 0 Å². The van der Waals surface area contributed by atoms with Crippen LogP contribution in [0.5, 0.6) is 0 Å². The number of hydrogen-bond acceptors (Lipinski definition) is 3. The molecular weight excluding hydrogens is 228 g/mol. The number of nitrogens with zero attached hydrogens (tertiary/aromatic N) is 2. The molecule has 4 aliphatic heterocycles. The molecule has 0 N–H and O–H groups in total. The maximum Gasteiger partial charge on any atom is 0.289 e. The summed E-state index contributed by atoms with van der Waals surface area (Å²) in [6, 6.07) is 3.96. The van der Waals surface area contributed by atoms with E-state index in [-0.39, 0.29) is 5.91 Å². The Balaban J connectivity index is 1.64. The summed E-state index contributed by atoms with van der Waals surface area (Å²) in [6.07, 6.45) is 4.06. The number of fused-ring (bicyclic) bond motifs is 1. The summed E-state index contributed by atoms with van der Waals surface area (Å²) < 4.78 is 5.27. The van der Waals surface area contributed by atoms with Crippen LogP contribution >= 0.6 is 0 Å². The van der Waals surface area contributed by atoms with Crippen LogP contribution in [0.25, 0.3) is 0 Å². The van der Waals surface area contributed by atoms with Crippen LogP contribution in [0.1, 0.15) is 23.4 Å². The van der Waals surface area contributed by atoms with Gasteiger partial charge >= 0.3 is 0 Å². The lowest BCUT2D eigenvalue weighted by Gasteiger charge is -2.41. The fourth-order valence-electron chi connectivity index (χ4n) is 4.08.